The highest BCUT2D eigenvalue weighted by molar-refractivity contribution is 5.81. The number of carbonyl (C=O) groups is 1. The van der Waals surface area contributed by atoms with Crippen molar-refractivity contribution >= 4 is 11.6 Å². The van der Waals surface area contributed by atoms with E-state index in [1.807, 2.05) is 31.2 Å². The van der Waals surface area contributed by atoms with E-state index in [4.69, 9.17) is 9.47 Å². The second-order valence-corrected chi connectivity index (χ2v) is 6.77. The predicted molar refractivity (Wildman–Crippen MR) is 107 cm³/mol. The van der Waals surface area contributed by atoms with Crippen molar-refractivity contribution in [2.45, 2.75) is 38.8 Å². The summed E-state index contributed by atoms with van der Waals surface area (Å²) in [6.07, 6.45) is 2.63. The molecule has 1 amide bonds. The molecule has 0 unspecified atom stereocenters. The molecule has 1 atom stereocenters. The highest BCUT2D eigenvalue weighted by Gasteiger charge is 2.18. The zero-order valence-corrected chi connectivity index (χ0v) is 16.1. The van der Waals surface area contributed by atoms with Gasteiger partial charge in [-0.1, -0.05) is 19.1 Å². The summed E-state index contributed by atoms with van der Waals surface area (Å²) >= 11 is 0. The minimum Gasteiger partial charge on any atom is -0.497 e. The molecule has 0 bridgehead atoms. The fourth-order valence-corrected chi connectivity index (χ4v) is 3.24. The standard InChI is InChI=1S/C22H28N2O3/c1-3-21(27-20-12-10-19(26-2)11-13-20)22(25)23-16-17-6-8-18(9-7-17)24-14-4-5-15-24/h6-13,21H,3-5,14-16H2,1-2H3,(H,23,25)/t21-/m1/s1. The van der Waals surface area contributed by atoms with Gasteiger partial charge in [0.2, 0.25) is 0 Å². The van der Waals surface area contributed by atoms with Crippen LogP contribution in [0.3, 0.4) is 0 Å². The van der Waals surface area contributed by atoms with Crippen molar-refractivity contribution in [3.63, 3.8) is 0 Å². The molecule has 1 aliphatic rings. The first kappa shape index (κ1) is 19.1. The first-order valence-corrected chi connectivity index (χ1v) is 9.62. The lowest BCUT2D eigenvalue weighted by Gasteiger charge is -2.19. The second kappa shape index (κ2) is 9.31. The van der Waals surface area contributed by atoms with Crippen molar-refractivity contribution in [2.24, 2.45) is 0 Å². The minimum atomic E-state index is -0.512. The van der Waals surface area contributed by atoms with Crippen LogP contribution in [-0.2, 0) is 11.3 Å². The maximum atomic E-state index is 12.5. The second-order valence-electron chi connectivity index (χ2n) is 6.77. The number of rotatable bonds is 8. The van der Waals surface area contributed by atoms with Gasteiger partial charge >= 0.3 is 0 Å². The zero-order valence-electron chi connectivity index (χ0n) is 16.1. The van der Waals surface area contributed by atoms with Crippen molar-refractivity contribution in [1.29, 1.82) is 0 Å². The van der Waals surface area contributed by atoms with Gasteiger partial charge in [0.15, 0.2) is 6.10 Å². The van der Waals surface area contributed by atoms with Crippen LogP contribution in [0.1, 0.15) is 31.7 Å². The van der Waals surface area contributed by atoms with Crippen LogP contribution in [-0.4, -0.2) is 32.2 Å². The number of hydrogen-bond donors (Lipinski definition) is 1. The number of nitrogens with zero attached hydrogens (tertiary/aromatic N) is 1. The summed E-state index contributed by atoms with van der Waals surface area (Å²) in [5, 5.41) is 2.98. The molecular weight excluding hydrogens is 340 g/mol. The fraction of sp³-hybridized carbons (Fsp3) is 0.409. The molecule has 1 saturated heterocycles. The number of benzene rings is 2. The Labute approximate surface area is 161 Å². The molecular formula is C22H28N2O3. The van der Waals surface area contributed by atoms with Gasteiger partial charge in [-0.2, -0.15) is 0 Å². The Morgan fingerprint density at radius 3 is 2.26 bits per heavy atom. The van der Waals surface area contributed by atoms with Crippen molar-refractivity contribution < 1.29 is 14.3 Å². The van der Waals surface area contributed by atoms with Crippen LogP contribution in [0.2, 0.25) is 0 Å². The van der Waals surface area contributed by atoms with E-state index in [1.54, 1.807) is 7.11 Å². The summed E-state index contributed by atoms with van der Waals surface area (Å²) in [4.78, 5) is 14.9. The predicted octanol–water partition coefficient (Wildman–Crippen LogP) is 3.77. The summed E-state index contributed by atoms with van der Waals surface area (Å²) in [6, 6.07) is 15.7. The average molecular weight is 368 g/mol. The summed E-state index contributed by atoms with van der Waals surface area (Å²) < 4.78 is 11.0. The molecule has 1 fully saturated rings. The molecule has 3 rings (SSSR count). The van der Waals surface area contributed by atoms with Gasteiger partial charge in [-0.15, -0.1) is 0 Å². The van der Waals surface area contributed by atoms with Crippen LogP contribution in [0.4, 0.5) is 5.69 Å². The van der Waals surface area contributed by atoms with Gasteiger partial charge in [-0.05, 0) is 61.2 Å². The van der Waals surface area contributed by atoms with E-state index >= 15 is 0 Å². The third-order valence-corrected chi connectivity index (χ3v) is 4.88. The molecule has 0 aromatic heterocycles. The Morgan fingerprint density at radius 2 is 1.67 bits per heavy atom. The smallest absolute Gasteiger partial charge is 0.261 e. The van der Waals surface area contributed by atoms with E-state index in [-0.39, 0.29) is 5.91 Å². The molecule has 0 spiro atoms. The van der Waals surface area contributed by atoms with Crippen LogP contribution < -0.4 is 19.7 Å². The minimum absolute atomic E-state index is 0.100. The highest BCUT2D eigenvalue weighted by Crippen LogP contribution is 2.21. The van der Waals surface area contributed by atoms with Crippen LogP contribution in [0, 0.1) is 0 Å². The van der Waals surface area contributed by atoms with Crippen LogP contribution in [0.25, 0.3) is 0 Å². The van der Waals surface area contributed by atoms with Gasteiger partial charge in [-0.3, -0.25) is 4.79 Å². The van der Waals surface area contributed by atoms with Gasteiger partial charge in [-0.25, -0.2) is 0 Å². The highest BCUT2D eigenvalue weighted by atomic mass is 16.5. The molecule has 5 heteroatoms. The lowest BCUT2D eigenvalue weighted by atomic mass is 10.2. The average Bonchev–Trinajstić information content (AvgIpc) is 3.26. The van der Waals surface area contributed by atoms with E-state index < -0.39 is 6.10 Å². The lowest BCUT2D eigenvalue weighted by molar-refractivity contribution is -0.128. The van der Waals surface area contributed by atoms with E-state index in [2.05, 4.69) is 34.5 Å². The molecule has 144 valence electrons. The molecule has 5 nitrogen and oxygen atoms in total. The summed E-state index contributed by atoms with van der Waals surface area (Å²) in [5.41, 5.74) is 2.35. The first-order chi connectivity index (χ1) is 13.2. The van der Waals surface area contributed by atoms with Crippen LogP contribution in [0.15, 0.2) is 48.5 Å². The Hall–Kier alpha value is -2.69. The molecule has 2 aromatic rings. The van der Waals surface area contributed by atoms with E-state index in [0.29, 0.717) is 18.7 Å². The number of methoxy groups -OCH3 is 1. The fourth-order valence-electron chi connectivity index (χ4n) is 3.24. The van der Waals surface area contributed by atoms with Gasteiger partial charge in [0.1, 0.15) is 11.5 Å². The summed E-state index contributed by atoms with van der Waals surface area (Å²) in [5.74, 6) is 1.32. The summed E-state index contributed by atoms with van der Waals surface area (Å²) in [7, 11) is 1.62. The molecule has 1 heterocycles. The van der Waals surface area contributed by atoms with E-state index in [0.717, 1.165) is 24.4 Å². The number of carbonyl (C=O) groups excluding carboxylic acids is 1. The Morgan fingerprint density at radius 1 is 1.04 bits per heavy atom. The van der Waals surface area contributed by atoms with Crippen LogP contribution in [0.5, 0.6) is 11.5 Å². The zero-order chi connectivity index (χ0) is 19.1. The number of amides is 1. The van der Waals surface area contributed by atoms with E-state index in [9.17, 15) is 4.79 Å². The normalized spacial score (nSPS) is 14.7. The maximum Gasteiger partial charge on any atom is 0.261 e. The maximum absolute atomic E-state index is 12.5. The van der Waals surface area contributed by atoms with Crippen molar-refractivity contribution in [3.05, 3.63) is 54.1 Å². The number of ether oxygens (including phenoxy) is 2. The largest absolute Gasteiger partial charge is 0.497 e. The van der Waals surface area contributed by atoms with E-state index in [1.165, 1.54) is 18.5 Å². The molecule has 1 aliphatic heterocycles. The summed E-state index contributed by atoms with van der Waals surface area (Å²) in [6.45, 7) is 4.72. The van der Waals surface area contributed by atoms with Crippen molar-refractivity contribution in [1.82, 2.24) is 5.32 Å². The Kier molecular flexibility index (Phi) is 6.58. The Bertz CT molecular complexity index is 722. The quantitative estimate of drug-likeness (QED) is 0.771. The monoisotopic (exact) mass is 368 g/mol. The molecule has 2 aromatic carbocycles. The molecule has 0 aliphatic carbocycles. The molecule has 27 heavy (non-hydrogen) atoms. The number of hydrogen-bond acceptors (Lipinski definition) is 4. The third kappa shape index (κ3) is 5.16. The molecule has 0 saturated carbocycles. The molecule has 1 N–H and O–H groups in total. The number of anilines is 1. The molecule has 0 radical (unpaired) electrons. The van der Waals surface area contributed by atoms with Gasteiger partial charge in [0, 0.05) is 25.3 Å². The first-order valence-electron chi connectivity index (χ1n) is 9.62. The topological polar surface area (TPSA) is 50.8 Å². The van der Waals surface area contributed by atoms with Crippen LogP contribution >= 0.6 is 0 Å². The van der Waals surface area contributed by atoms with Crippen molar-refractivity contribution in [3.8, 4) is 11.5 Å². The van der Waals surface area contributed by atoms with Gasteiger partial charge in [0.05, 0.1) is 7.11 Å². The van der Waals surface area contributed by atoms with Crippen molar-refractivity contribution in [2.75, 3.05) is 25.1 Å². The van der Waals surface area contributed by atoms with Gasteiger partial charge in [0.25, 0.3) is 5.91 Å². The third-order valence-electron chi connectivity index (χ3n) is 4.88. The van der Waals surface area contributed by atoms with Gasteiger partial charge < -0.3 is 19.7 Å². The Balaban J connectivity index is 1.51. The lowest BCUT2D eigenvalue weighted by Crippen LogP contribution is -2.37. The number of nitrogens with one attached hydrogen (secondary N) is 1. The SMILES string of the molecule is CC[C@@H](Oc1ccc(OC)cc1)C(=O)NCc1ccc(N2CCCC2)cc1.